The van der Waals surface area contributed by atoms with Crippen LogP contribution < -0.4 is 5.32 Å². The minimum atomic E-state index is 1.00. The number of benzene rings is 1. The molecule has 1 aromatic carbocycles. The summed E-state index contributed by atoms with van der Waals surface area (Å²) in [6.07, 6.45) is 3.13. The molecule has 20 heavy (non-hydrogen) atoms. The van der Waals surface area contributed by atoms with Crippen molar-refractivity contribution in [2.45, 2.75) is 38.7 Å². The first-order chi connectivity index (χ1) is 9.67. The first-order valence-corrected chi connectivity index (χ1v) is 8.98. The molecule has 1 N–H and O–H groups in total. The van der Waals surface area contributed by atoms with Gasteiger partial charge in [0.15, 0.2) is 5.13 Å². The second-order valence-electron chi connectivity index (χ2n) is 5.05. The van der Waals surface area contributed by atoms with Gasteiger partial charge in [0.25, 0.3) is 0 Å². The van der Waals surface area contributed by atoms with Crippen LogP contribution >= 0.6 is 23.1 Å². The summed E-state index contributed by atoms with van der Waals surface area (Å²) in [5.74, 6) is 2.11. The lowest BCUT2D eigenvalue weighted by molar-refractivity contribution is 0.976. The fourth-order valence-corrected chi connectivity index (χ4v) is 4.01. The van der Waals surface area contributed by atoms with Crippen LogP contribution in [0.2, 0.25) is 0 Å². The molecule has 2 nitrogen and oxygen atoms in total. The van der Waals surface area contributed by atoms with Crippen LogP contribution in [0, 0.1) is 13.8 Å². The van der Waals surface area contributed by atoms with E-state index in [0.717, 1.165) is 29.6 Å². The Bertz CT molecular complexity index is 529. The zero-order valence-corrected chi connectivity index (χ0v) is 14.0. The van der Waals surface area contributed by atoms with Crippen molar-refractivity contribution >= 4 is 28.2 Å². The van der Waals surface area contributed by atoms with Gasteiger partial charge in [-0.25, -0.2) is 4.98 Å². The van der Waals surface area contributed by atoms with Crippen molar-refractivity contribution in [1.82, 2.24) is 4.98 Å². The maximum absolute atomic E-state index is 4.40. The highest BCUT2D eigenvalue weighted by atomic mass is 32.2. The van der Waals surface area contributed by atoms with Crippen molar-refractivity contribution in [3.63, 3.8) is 0 Å². The Morgan fingerprint density at radius 2 is 1.90 bits per heavy atom. The van der Waals surface area contributed by atoms with Gasteiger partial charge in [-0.2, -0.15) is 11.8 Å². The minimum Gasteiger partial charge on any atom is -0.362 e. The van der Waals surface area contributed by atoms with Crippen molar-refractivity contribution < 1.29 is 0 Å². The van der Waals surface area contributed by atoms with Crippen LogP contribution in [-0.4, -0.2) is 11.5 Å². The molecule has 0 bridgehead atoms. The molecule has 0 fully saturated rings. The molecule has 0 saturated carbocycles. The molecule has 0 amide bonds. The summed E-state index contributed by atoms with van der Waals surface area (Å²) in [6.45, 7) is 7.50. The number of rotatable bonds is 7. The lowest BCUT2D eigenvalue weighted by atomic mass is 10.1. The van der Waals surface area contributed by atoms with E-state index in [1.807, 2.05) is 18.0 Å². The SMILES string of the molecule is CCCNc1ncc(CSCc2cc(C)cc(C)c2)s1. The van der Waals surface area contributed by atoms with E-state index in [2.05, 4.69) is 49.3 Å². The number of anilines is 1. The fourth-order valence-electron chi connectivity index (χ4n) is 2.11. The van der Waals surface area contributed by atoms with Gasteiger partial charge in [-0.1, -0.05) is 36.2 Å². The van der Waals surface area contributed by atoms with E-state index in [1.54, 1.807) is 11.3 Å². The lowest BCUT2D eigenvalue weighted by Gasteiger charge is -2.04. The highest BCUT2D eigenvalue weighted by Gasteiger charge is 2.02. The van der Waals surface area contributed by atoms with Crippen molar-refractivity contribution in [3.8, 4) is 0 Å². The molecule has 0 spiro atoms. The molecular weight excluding hydrogens is 284 g/mol. The van der Waals surface area contributed by atoms with Crippen molar-refractivity contribution in [1.29, 1.82) is 0 Å². The van der Waals surface area contributed by atoms with Gasteiger partial charge in [0.05, 0.1) is 0 Å². The van der Waals surface area contributed by atoms with Gasteiger partial charge in [0.1, 0.15) is 0 Å². The van der Waals surface area contributed by atoms with Gasteiger partial charge in [-0.3, -0.25) is 0 Å². The number of hydrogen-bond donors (Lipinski definition) is 1. The predicted octanol–water partition coefficient (Wildman–Crippen LogP) is 5.02. The lowest BCUT2D eigenvalue weighted by Crippen LogP contribution is -1.97. The van der Waals surface area contributed by atoms with Crippen LogP contribution in [0.15, 0.2) is 24.4 Å². The summed E-state index contributed by atoms with van der Waals surface area (Å²) in [6, 6.07) is 6.78. The van der Waals surface area contributed by atoms with E-state index in [1.165, 1.54) is 21.6 Å². The summed E-state index contributed by atoms with van der Waals surface area (Å²) >= 11 is 3.73. The Morgan fingerprint density at radius 3 is 2.60 bits per heavy atom. The Morgan fingerprint density at radius 1 is 1.15 bits per heavy atom. The van der Waals surface area contributed by atoms with Gasteiger partial charge in [0.2, 0.25) is 0 Å². The van der Waals surface area contributed by atoms with E-state index < -0.39 is 0 Å². The summed E-state index contributed by atoms with van der Waals surface area (Å²) < 4.78 is 0. The maximum atomic E-state index is 4.40. The highest BCUT2D eigenvalue weighted by Crippen LogP contribution is 2.25. The van der Waals surface area contributed by atoms with Gasteiger partial charge in [0, 0.05) is 29.1 Å². The van der Waals surface area contributed by atoms with Crippen LogP contribution in [-0.2, 0) is 11.5 Å². The molecule has 0 radical (unpaired) electrons. The largest absolute Gasteiger partial charge is 0.362 e. The summed E-state index contributed by atoms with van der Waals surface area (Å²) in [4.78, 5) is 5.75. The number of hydrogen-bond acceptors (Lipinski definition) is 4. The Kier molecular flexibility index (Phi) is 5.92. The second-order valence-corrected chi connectivity index (χ2v) is 7.15. The number of nitrogens with zero attached hydrogens (tertiary/aromatic N) is 1. The average Bonchev–Trinajstić information content (AvgIpc) is 2.83. The topological polar surface area (TPSA) is 24.9 Å². The molecule has 2 rings (SSSR count). The van der Waals surface area contributed by atoms with Crippen LogP contribution in [0.5, 0.6) is 0 Å². The number of thiazole rings is 1. The van der Waals surface area contributed by atoms with Crippen molar-refractivity contribution in [3.05, 3.63) is 46.0 Å². The third kappa shape index (κ3) is 4.84. The molecule has 0 unspecified atom stereocenters. The zero-order chi connectivity index (χ0) is 14.4. The van der Waals surface area contributed by atoms with E-state index in [4.69, 9.17) is 0 Å². The molecule has 0 atom stereocenters. The second kappa shape index (κ2) is 7.70. The molecule has 1 aromatic heterocycles. The molecule has 4 heteroatoms. The third-order valence-corrected chi connectivity index (χ3v) is 5.06. The van der Waals surface area contributed by atoms with Crippen molar-refractivity contribution in [2.24, 2.45) is 0 Å². The molecular formula is C16H22N2S2. The van der Waals surface area contributed by atoms with Gasteiger partial charge in [-0.05, 0) is 25.8 Å². The third-order valence-electron chi connectivity index (χ3n) is 2.87. The monoisotopic (exact) mass is 306 g/mol. The number of aromatic nitrogens is 1. The van der Waals surface area contributed by atoms with Crippen molar-refractivity contribution in [2.75, 3.05) is 11.9 Å². The normalized spacial score (nSPS) is 10.8. The standard InChI is InChI=1S/C16H22N2S2/c1-4-5-17-16-18-9-15(20-16)11-19-10-14-7-12(2)6-13(3)8-14/h6-9H,4-5,10-11H2,1-3H3,(H,17,18). The van der Waals surface area contributed by atoms with E-state index in [-0.39, 0.29) is 0 Å². The summed E-state index contributed by atoms with van der Waals surface area (Å²) in [7, 11) is 0. The smallest absolute Gasteiger partial charge is 0.182 e. The fraction of sp³-hybridized carbons (Fsp3) is 0.438. The van der Waals surface area contributed by atoms with Crippen LogP contribution in [0.1, 0.15) is 34.9 Å². The Balaban J connectivity index is 1.81. The van der Waals surface area contributed by atoms with Crippen LogP contribution in [0.25, 0.3) is 0 Å². The predicted molar refractivity (Wildman–Crippen MR) is 91.8 cm³/mol. The maximum Gasteiger partial charge on any atom is 0.182 e. The molecule has 0 saturated heterocycles. The quantitative estimate of drug-likeness (QED) is 0.778. The molecule has 1 heterocycles. The molecule has 0 aliphatic rings. The van der Waals surface area contributed by atoms with Gasteiger partial charge in [-0.15, -0.1) is 11.3 Å². The summed E-state index contributed by atoms with van der Waals surface area (Å²) in [5.41, 5.74) is 4.12. The molecule has 2 aromatic rings. The molecule has 0 aliphatic heterocycles. The molecule has 108 valence electrons. The average molecular weight is 306 g/mol. The Labute approximate surface area is 130 Å². The van der Waals surface area contributed by atoms with E-state index >= 15 is 0 Å². The van der Waals surface area contributed by atoms with Gasteiger partial charge < -0.3 is 5.32 Å². The highest BCUT2D eigenvalue weighted by molar-refractivity contribution is 7.97. The molecule has 0 aliphatic carbocycles. The number of aryl methyl sites for hydroxylation is 2. The van der Waals surface area contributed by atoms with Crippen LogP contribution in [0.4, 0.5) is 5.13 Å². The number of thioether (sulfide) groups is 1. The first-order valence-electron chi connectivity index (χ1n) is 7.01. The van der Waals surface area contributed by atoms with Gasteiger partial charge >= 0.3 is 0 Å². The van der Waals surface area contributed by atoms with E-state index in [0.29, 0.717) is 0 Å². The zero-order valence-electron chi connectivity index (χ0n) is 12.4. The number of nitrogens with one attached hydrogen (secondary N) is 1. The van der Waals surface area contributed by atoms with E-state index in [9.17, 15) is 0 Å². The first kappa shape index (κ1) is 15.4. The minimum absolute atomic E-state index is 1.00. The Hall–Kier alpha value is -1.00. The van der Waals surface area contributed by atoms with Crippen LogP contribution in [0.3, 0.4) is 0 Å². The summed E-state index contributed by atoms with van der Waals surface area (Å²) in [5, 5.41) is 4.39.